The lowest BCUT2D eigenvalue weighted by molar-refractivity contribution is -0.130. The van der Waals surface area contributed by atoms with Gasteiger partial charge in [0.2, 0.25) is 15.9 Å². The molecule has 0 aromatic heterocycles. The smallest absolute Gasteiger partial charge is 0.243 e. The molecule has 0 atom stereocenters. The summed E-state index contributed by atoms with van der Waals surface area (Å²) in [6.45, 7) is 2.27. The number of carbonyl (C=O) groups is 1. The number of halogens is 1. The van der Waals surface area contributed by atoms with Gasteiger partial charge in [0.15, 0.2) is 0 Å². The van der Waals surface area contributed by atoms with Crippen LogP contribution in [0, 0.1) is 12.7 Å². The van der Waals surface area contributed by atoms with Gasteiger partial charge in [0.25, 0.3) is 0 Å². The molecular weight excluding hydrogens is 371 g/mol. The van der Waals surface area contributed by atoms with Crippen molar-refractivity contribution in [1.82, 2.24) is 9.21 Å². The fraction of sp³-hybridized carbons (Fsp3) is 0.316. The number of rotatable bonds is 8. The fourth-order valence-electron chi connectivity index (χ4n) is 2.24. The third-order valence-electron chi connectivity index (χ3n) is 4.02. The van der Waals surface area contributed by atoms with Crippen LogP contribution in [0.3, 0.4) is 0 Å². The van der Waals surface area contributed by atoms with Gasteiger partial charge in [-0.2, -0.15) is 4.31 Å². The van der Waals surface area contributed by atoms with Crippen molar-refractivity contribution in [2.45, 2.75) is 11.8 Å². The molecule has 0 N–H and O–H groups in total. The molecule has 0 radical (unpaired) electrons. The highest BCUT2D eigenvalue weighted by atomic mass is 32.2. The van der Waals surface area contributed by atoms with Crippen LogP contribution in [-0.2, 0) is 14.8 Å². The summed E-state index contributed by atoms with van der Waals surface area (Å²) >= 11 is 0. The first kappa shape index (κ1) is 20.9. The Hall–Kier alpha value is -2.45. The predicted octanol–water partition coefficient (Wildman–Crippen LogP) is 2.29. The summed E-state index contributed by atoms with van der Waals surface area (Å²) in [7, 11) is -0.969. The first-order valence-electron chi connectivity index (χ1n) is 8.35. The number of hydrogen-bond donors (Lipinski definition) is 0. The van der Waals surface area contributed by atoms with Gasteiger partial charge < -0.3 is 9.64 Å². The summed E-state index contributed by atoms with van der Waals surface area (Å²) in [5.74, 6) is -0.186. The highest BCUT2D eigenvalue weighted by Gasteiger charge is 2.24. The van der Waals surface area contributed by atoms with E-state index in [1.807, 2.05) is 31.2 Å². The van der Waals surface area contributed by atoms with Crippen molar-refractivity contribution < 1.29 is 22.3 Å². The highest BCUT2D eigenvalue weighted by Crippen LogP contribution is 2.15. The van der Waals surface area contributed by atoms with Crippen LogP contribution in [-0.4, -0.2) is 57.3 Å². The molecule has 0 saturated heterocycles. The Bertz CT molecular complexity index is 868. The zero-order valence-electron chi connectivity index (χ0n) is 15.6. The fourth-order valence-corrected chi connectivity index (χ4v) is 3.36. The second-order valence-electron chi connectivity index (χ2n) is 6.19. The van der Waals surface area contributed by atoms with E-state index in [0.717, 1.165) is 22.0 Å². The molecule has 0 spiro atoms. The quantitative estimate of drug-likeness (QED) is 0.689. The maximum Gasteiger partial charge on any atom is 0.243 e. The predicted molar refractivity (Wildman–Crippen MR) is 101 cm³/mol. The molecule has 27 heavy (non-hydrogen) atoms. The maximum atomic E-state index is 13.0. The minimum Gasteiger partial charge on any atom is -0.492 e. The number of sulfonamides is 1. The summed E-state index contributed by atoms with van der Waals surface area (Å²) in [6.07, 6.45) is 0. The third kappa shape index (κ3) is 5.77. The van der Waals surface area contributed by atoms with Crippen LogP contribution in [0.4, 0.5) is 4.39 Å². The Morgan fingerprint density at radius 3 is 2.22 bits per heavy atom. The molecule has 0 saturated carbocycles. The summed E-state index contributed by atoms with van der Waals surface area (Å²) < 4.78 is 44.4. The Kier molecular flexibility index (Phi) is 6.92. The van der Waals surface area contributed by atoms with Crippen LogP contribution in [0.25, 0.3) is 0 Å². The van der Waals surface area contributed by atoms with E-state index in [-0.39, 0.29) is 17.3 Å². The molecule has 0 unspecified atom stereocenters. The Morgan fingerprint density at radius 2 is 1.63 bits per heavy atom. The van der Waals surface area contributed by atoms with Gasteiger partial charge in [-0.25, -0.2) is 12.8 Å². The summed E-state index contributed by atoms with van der Waals surface area (Å²) in [5.41, 5.74) is 1.13. The number of aryl methyl sites for hydroxylation is 1. The molecule has 6 nitrogen and oxygen atoms in total. The van der Waals surface area contributed by atoms with E-state index in [1.54, 1.807) is 7.05 Å². The molecule has 2 rings (SSSR count). The third-order valence-corrected chi connectivity index (χ3v) is 5.84. The number of benzene rings is 2. The summed E-state index contributed by atoms with van der Waals surface area (Å²) in [5, 5.41) is 0. The lowest BCUT2D eigenvalue weighted by Gasteiger charge is -2.22. The van der Waals surface area contributed by atoms with Gasteiger partial charge in [0.05, 0.1) is 18.0 Å². The lowest BCUT2D eigenvalue weighted by atomic mass is 10.2. The average molecular weight is 394 g/mol. The van der Waals surface area contributed by atoms with Gasteiger partial charge in [-0.3, -0.25) is 4.79 Å². The van der Waals surface area contributed by atoms with Crippen molar-refractivity contribution >= 4 is 15.9 Å². The Labute approximate surface area is 159 Å². The second-order valence-corrected chi connectivity index (χ2v) is 8.24. The van der Waals surface area contributed by atoms with Gasteiger partial charge in [-0.15, -0.1) is 0 Å². The van der Waals surface area contributed by atoms with E-state index in [2.05, 4.69) is 0 Å². The van der Waals surface area contributed by atoms with E-state index in [9.17, 15) is 17.6 Å². The molecule has 2 aromatic rings. The van der Waals surface area contributed by atoms with Crippen molar-refractivity contribution in [2.75, 3.05) is 33.8 Å². The molecule has 0 fully saturated rings. The molecule has 0 aliphatic rings. The number of amides is 1. The van der Waals surface area contributed by atoms with Crippen molar-refractivity contribution in [1.29, 1.82) is 0 Å². The standard InChI is InChI=1S/C19H23FN2O4S/c1-15-4-8-17(9-5-15)26-13-12-21(2)19(23)14-22(3)27(24,25)18-10-6-16(20)7-11-18/h4-11H,12-14H2,1-3H3. The summed E-state index contributed by atoms with van der Waals surface area (Å²) in [4.78, 5) is 13.6. The number of carbonyl (C=O) groups excluding carboxylic acids is 1. The van der Waals surface area contributed by atoms with Crippen LogP contribution >= 0.6 is 0 Å². The lowest BCUT2D eigenvalue weighted by Crippen LogP contribution is -2.40. The molecule has 146 valence electrons. The maximum absolute atomic E-state index is 13.0. The van der Waals surface area contributed by atoms with Crippen molar-refractivity contribution in [3.8, 4) is 5.75 Å². The van der Waals surface area contributed by atoms with Gasteiger partial charge in [-0.05, 0) is 43.3 Å². The van der Waals surface area contributed by atoms with Crippen molar-refractivity contribution in [3.63, 3.8) is 0 Å². The zero-order chi connectivity index (χ0) is 20.0. The van der Waals surface area contributed by atoms with E-state index >= 15 is 0 Å². The largest absolute Gasteiger partial charge is 0.492 e. The molecule has 0 aliphatic carbocycles. The molecular formula is C19H23FN2O4S. The monoisotopic (exact) mass is 394 g/mol. The molecule has 8 heteroatoms. The van der Waals surface area contributed by atoms with Crippen LogP contribution < -0.4 is 4.74 Å². The van der Waals surface area contributed by atoms with Gasteiger partial charge >= 0.3 is 0 Å². The SMILES string of the molecule is Cc1ccc(OCCN(C)C(=O)CN(C)S(=O)(=O)c2ccc(F)cc2)cc1. The van der Waals surface area contributed by atoms with Gasteiger partial charge in [0.1, 0.15) is 18.2 Å². The van der Waals surface area contributed by atoms with Gasteiger partial charge in [-0.1, -0.05) is 17.7 Å². The Morgan fingerprint density at radius 1 is 1.04 bits per heavy atom. The van der Waals surface area contributed by atoms with Crippen molar-refractivity contribution in [3.05, 3.63) is 59.9 Å². The van der Waals surface area contributed by atoms with E-state index in [4.69, 9.17) is 4.74 Å². The Balaban J connectivity index is 1.87. The van der Waals surface area contributed by atoms with Gasteiger partial charge in [0, 0.05) is 14.1 Å². The minimum atomic E-state index is -3.86. The number of likely N-dealkylation sites (N-methyl/N-ethyl adjacent to an activating group) is 2. The van der Waals surface area contributed by atoms with Crippen LogP contribution in [0.5, 0.6) is 5.75 Å². The minimum absolute atomic E-state index is 0.0652. The first-order chi connectivity index (χ1) is 12.7. The molecule has 0 heterocycles. The summed E-state index contributed by atoms with van der Waals surface area (Å²) in [6, 6.07) is 12.0. The van der Waals surface area contributed by atoms with Crippen LogP contribution in [0.15, 0.2) is 53.4 Å². The highest BCUT2D eigenvalue weighted by molar-refractivity contribution is 7.89. The molecule has 0 bridgehead atoms. The van der Waals surface area contributed by atoms with Crippen LogP contribution in [0.1, 0.15) is 5.56 Å². The second kappa shape index (κ2) is 8.96. The normalized spacial score (nSPS) is 11.4. The number of ether oxygens (including phenoxy) is 1. The molecule has 1 amide bonds. The van der Waals surface area contributed by atoms with Crippen molar-refractivity contribution in [2.24, 2.45) is 0 Å². The topological polar surface area (TPSA) is 66.9 Å². The van der Waals surface area contributed by atoms with E-state index in [0.29, 0.717) is 18.9 Å². The average Bonchev–Trinajstić information content (AvgIpc) is 2.63. The van der Waals surface area contributed by atoms with E-state index < -0.39 is 15.8 Å². The van der Waals surface area contributed by atoms with E-state index in [1.165, 1.54) is 24.1 Å². The zero-order valence-corrected chi connectivity index (χ0v) is 16.4. The number of nitrogens with zero attached hydrogens (tertiary/aromatic N) is 2. The number of hydrogen-bond acceptors (Lipinski definition) is 4. The first-order valence-corrected chi connectivity index (χ1v) is 9.79. The molecule has 2 aromatic carbocycles. The molecule has 0 aliphatic heterocycles. The van der Waals surface area contributed by atoms with Crippen LogP contribution in [0.2, 0.25) is 0 Å².